The van der Waals surface area contributed by atoms with Gasteiger partial charge in [-0.1, -0.05) is 0 Å². The van der Waals surface area contributed by atoms with E-state index in [1.165, 1.54) is 7.11 Å². The molecule has 6 nitrogen and oxygen atoms in total. The van der Waals surface area contributed by atoms with Crippen molar-refractivity contribution < 1.29 is 9.53 Å². The fourth-order valence-electron chi connectivity index (χ4n) is 1.57. The SMILES string of the molecule is COC(=O)c1cc(-c2nc(Cl)ncc2C)n(C)n1. The molecule has 0 bridgehead atoms. The van der Waals surface area contributed by atoms with Gasteiger partial charge in [0.2, 0.25) is 5.28 Å². The largest absolute Gasteiger partial charge is 0.464 e. The first-order valence-corrected chi connectivity index (χ1v) is 5.52. The minimum absolute atomic E-state index is 0.149. The Morgan fingerprint density at radius 3 is 2.89 bits per heavy atom. The van der Waals surface area contributed by atoms with Crippen LogP contribution in [0.1, 0.15) is 16.1 Å². The van der Waals surface area contributed by atoms with E-state index in [2.05, 4.69) is 19.8 Å². The smallest absolute Gasteiger partial charge is 0.358 e. The molecule has 0 radical (unpaired) electrons. The molecular weight excluding hydrogens is 256 g/mol. The maximum absolute atomic E-state index is 11.4. The minimum atomic E-state index is -0.491. The molecule has 0 unspecified atom stereocenters. The second-order valence-corrected chi connectivity index (χ2v) is 4.04. The molecule has 0 fully saturated rings. The van der Waals surface area contributed by atoms with E-state index in [9.17, 15) is 4.79 Å². The Hall–Kier alpha value is -1.95. The molecule has 0 aliphatic rings. The minimum Gasteiger partial charge on any atom is -0.464 e. The number of esters is 1. The zero-order valence-corrected chi connectivity index (χ0v) is 10.9. The van der Waals surface area contributed by atoms with Crippen LogP contribution in [0.15, 0.2) is 12.3 Å². The highest BCUT2D eigenvalue weighted by Crippen LogP contribution is 2.22. The van der Waals surface area contributed by atoms with E-state index in [-0.39, 0.29) is 11.0 Å². The fourth-order valence-corrected chi connectivity index (χ4v) is 1.71. The summed E-state index contributed by atoms with van der Waals surface area (Å²) in [7, 11) is 3.03. The molecule has 0 aliphatic carbocycles. The van der Waals surface area contributed by atoms with Crippen molar-refractivity contribution in [2.75, 3.05) is 7.11 Å². The highest BCUT2D eigenvalue weighted by Gasteiger charge is 2.16. The lowest BCUT2D eigenvalue weighted by atomic mass is 10.2. The molecule has 0 atom stereocenters. The van der Waals surface area contributed by atoms with Crippen LogP contribution < -0.4 is 0 Å². The van der Waals surface area contributed by atoms with E-state index in [4.69, 9.17) is 11.6 Å². The molecule has 18 heavy (non-hydrogen) atoms. The first kappa shape index (κ1) is 12.5. The molecule has 0 amide bonds. The van der Waals surface area contributed by atoms with Crippen LogP contribution in [-0.4, -0.2) is 32.8 Å². The molecule has 0 saturated heterocycles. The van der Waals surface area contributed by atoms with Gasteiger partial charge in [0.1, 0.15) is 0 Å². The molecule has 7 heteroatoms. The molecule has 2 rings (SSSR count). The summed E-state index contributed by atoms with van der Waals surface area (Å²) in [4.78, 5) is 19.4. The Bertz CT molecular complexity index is 609. The molecule has 0 spiro atoms. The number of halogens is 1. The van der Waals surface area contributed by atoms with Gasteiger partial charge >= 0.3 is 5.97 Å². The summed E-state index contributed by atoms with van der Waals surface area (Å²) in [6.07, 6.45) is 1.62. The van der Waals surface area contributed by atoms with E-state index in [0.29, 0.717) is 11.4 Å². The Balaban J connectivity index is 2.54. The third-order valence-electron chi connectivity index (χ3n) is 2.46. The fraction of sp³-hybridized carbons (Fsp3) is 0.273. The highest BCUT2D eigenvalue weighted by atomic mass is 35.5. The number of aryl methyl sites for hydroxylation is 2. The van der Waals surface area contributed by atoms with Crippen LogP contribution in [0.3, 0.4) is 0 Å². The summed E-state index contributed by atoms with van der Waals surface area (Å²) >= 11 is 5.77. The highest BCUT2D eigenvalue weighted by molar-refractivity contribution is 6.28. The summed E-state index contributed by atoms with van der Waals surface area (Å²) in [6, 6.07) is 1.61. The van der Waals surface area contributed by atoms with Gasteiger partial charge in [-0.3, -0.25) is 4.68 Å². The molecule has 2 heterocycles. The van der Waals surface area contributed by atoms with Gasteiger partial charge in [-0.15, -0.1) is 0 Å². The first-order valence-electron chi connectivity index (χ1n) is 5.14. The lowest BCUT2D eigenvalue weighted by Crippen LogP contribution is -2.03. The van der Waals surface area contributed by atoms with Crippen molar-refractivity contribution in [3.8, 4) is 11.4 Å². The summed E-state index contributed by atoms with van der Waals surface area (Å²) in [5.41, 5.74) is 2.39. The van der Waals surface area contributed by atoms with E-state index >= 15 is 0 Å². The van der Waals surface area contributed by atoms with Crippen LogP contribution in [0.4, 0.5) is 0 Å². The maximum atomic E-state index is 11.4. The third kappa shape index (κ3) is 2.19. The number of ether oxygens (including phenoxy) is 1. The standard InChI is InChI=1S/C11H11ClN4O2/c1-6-5-13-11(12)14-9(6)8-4-7(10(17)18-3)15-16(8)2/h4-5H,1-3H3. The average molecular weight is 267 g/mol. The van der Waals surface area contributed by atoms with Crippen molar-refractivity contribution in [1.82, 2.24) is 19.7 Å². The zero-order chi connectivity index (χ0) is 13.3. The second-order valence-electron chi connectivity index (χ2n) is 3.70. The van der Waals surface area contributed by atoms with Gasteiger partial charge in [0, 0.05) is 19.3 Å². The zero-order valence-electron chi connectivity index (χ0n) is 10.1. The number of hydrogen-bond donors (Lipinski definition) is 0. The number of carbonyl (C=O) groups is 1. The Kier molecular flexibility index (Phi) is 3.29. The van der Waals surface area contributed by atoms with Crippen molar-refractivity contribution in [3.63, 3.8) is 0 Å². The average Bonchev–Trinajstić information content (AvgIpc) is 2.73. The molecule has 0 saturated carbocycles. The van der Waals surface area contributed by atoms with Crippen LogP contribution >= 0.6 is 11.6 Å². The van der Waals surface area contributed by atoms with Crippen molar-refractivity contribution in [2.45, 2.75) is 6.92 Å². The van der Waals surface area contributed by atoms with Gasteiger partial charge in [0.25, 0.3) is 0 Å². The normalized spacial score (nSPS) is 10.4. The Morgan fingerprint density at radius 2 is 2.22 bits per heavy atom. The quantitative estimate of drug-likeness (QED) is 0.610. The summed E-state index contributed by atoms with van der Waals surface area (Å²) in [6.45, 7) is 1.86. The monoisotopic (exact) mass is 266 g/mol. The number of aromatic nitrogens is 4. The maximum Gasteiger partial charge on any atom is 0.358 e. The predicted molar refractivity (Wildman–Crippen MR) is 65.3 cm³/mol. The summed E-state index contributed by atoms with van der Waals surface area (Å²) in [5, 5.41) is 4.22. The molecule has 0 aromatic carbocycles. The van der Waals surface area contributed by atoms with Gasteiger partial charge < -0.3 is 4.74 Å². The van der Waals surface area contributed by atoms with Crippen molar-refractivity contribution in [1.29, 1.82) is 0 Å². The molecule has 0 aliphatic heterocycles. The molecule has 94 valence electrons. The Labute approximate surface area is 109 Å². The number of nitrogens with zero attached hydrogens (tertiary/aromatic N) is 4. The van der Waals surface area contributed by atoms with E-state index in [1.54, 1.807) is 24.0 Å². The van der Waals surface area contributed by atoms with Crippen molar-refractivity contribution >= 4 is 17.6 Å². The van der Waals surface area contributed by atoms with Crippen LogP contribution in [0.25, 0.3) is 11.4 Å². The van der Waals surface area contributed by atoms with Gasteiger partial charge in [-0.2, -0.15) is 5.10 Å². The molecule has 2 aromatic rings. The van der Waals surface area contributed by atoms with E-state index < -0.39 is 5.97 Å². The van der Waals surface area contributed by atoms with Gasteiger partial charge in [-0.25, -0.2) is 14.8 Å². The predicted octanol–water partition coefficient (Wildman–Crippen LogP) is 1.63. The number of carbonyl (C=O) groups excluding carboxylic acids is 1. The number of rotatable bonds is 2. The van der Waals surface area contributed by atoms with Crippen LogP contribution in [-0.2, 0) is 11.8 Å². The summed E-state index contributed by atoms with van der Waals surface area (Å²) in [5.74, 6) is -0.491. The lowest BCUT2D eigenvalue weighted by Gasteiger charge is -2.04. The van der Waals surface area contributed by atoms with E-state index in [1.807, 2.05) is 6.92 Å². The first-order chi connectivity index (χ1) is 8.52. The van der Waals surface area contributed by atoms with Crippen molar-refractivity contribution in [3.05, 3.63) is 28.8 Å². The number of hydrogen-bond acceptors (Lipinski definition) is 5. The summed E-state index contributed by atoms with van der Waals surface area (Å²) < 4.78 is 6.17. The van der Waals surface area contributed by atoms with Crippen molar-refractivity contribution in [2.24, 2.45) is 7.05 Å². The molecule has 2 aromatic heterocycles. The number of methoxy groups -OCH3 is 1. The van der Waals surface area contributed by atoms with Gasteiger partial charge in [0.15, 0.2) is 5.69 Å². The van der Waals surface area contributed by atoms with Gasteiger partial charge in [0.05, 0.1) is 18.5 Å². The second kappa shape index (κ2) is 4.73. The molecule has 0 N–H and O–H groups in total. The topological polar surface area (TPSA) is 69.9 Å². The Morgan fingerprint density at radius 1 is 1.50 bits per heavy atom. The van der Waals surface area contributed by atoms with Crippen LogP contribution in [0.2, 0.25) is 5.28 Å². The molecular formula is C11H11ClN4O2. The van der Waals surface area contributed by atoms with Crippen LogP contribution in [0, 0.1) is 6.92 Å². The lowest BCUT2D eigenvalue weighted by molar-refractivity contribution is 0.0593. The third-order valence-corrected chi connectivity index (χ3v) is 2.64. The van der Waals surface area contributed by atoms with Crippen LogP contribution in [0.5, 0.6) is 0 Å². The van der Waals surface area contributed by atoms with E-state index in [0.717, 1.165) is 5.56 Å². The van der Waals surface area contributed by atoms with Gasteiger partial charge in [-0.05, 0) is 24.1 Å².